The average Bonchev–Trinajstić information content (AvgIpc) is 3.10. The van der Waals surface area contributed by atoms with Crippen LogP contribution in [-0.2, 0) is 6.54 Å². The molecule has 0 unspecified atom stereocenters. The van der Waals surface area contributed by atoms with Crippen LogP contribution in [0.4, 0.5) is 5.69 Å². The molecule has 3 rings (SSSR count). The number of nitro groups is 1. The Morgan fingerprint density at radius 2 is 2.10 bits per heavy atom. The number of rotatable bonds is 3. The van der Waals surface area contributed by atoms with Crippen LogP contribution in [0.1, 0.15) is 17.4 Å². The van der Waals surface area contributed by atoms with Gasteiger partial charge >= 0.3 is 0 Å². The van der Waals surface area contributed by atoms with Crippen molar-refractivity contribution in [3.63, 3.8) is 0 Å². The van der Waals surface area contributed by atoms with Crippen LogP contribution in [0.3, 0.4) is 0 Å². The third-order valence-electron chi connectivity index (χ3n) is 4.33. The maximum absolute atomic E-state index is 12.6. The van der Waals surface area contributed by atoms with Crippen LogP contribution in [0.5, 0.6) is 0 Å². The summed E-state index contributed by atoms with van der Waals surface area (Å²) < 4.78 is 1.66. The quantitative estimate of drug-likeness (QED) is 0.652. The molecule has 0 radical (unpaired) electrons. The summed E-state index contributed by atoms with van der Waals surface area (Å²) in [6.07, 6.45) is 1.44. The summed E-state index contributed by atoms with van der Waals surface area (Å²) in [6.45, 7) is 5.85. The summed E-state index contributed by atoms with van der Waals surface area (Å²) in [4.78, 5) is 24.8. The Morgan fingerprint density at radius 3 is 2.65 bits per heavy atom. The van der Waals surface area contributed by atoms with Crippen molar-refractivity contribution in [1.82, 2.24) is 14.8 Å². The lowest BCUT2D eigenvalue weighted by Gasteiger charge is -2.18. The number of carbonyl (C=O) groups is 1. The molecule has 0 spiro atoms. The number of carbonyl (C=O) groups excluding carboxylic acids is 1. The lowest BCUT2D eigenvalue weighted by atomic mass is 10.0. The average molecular weight is 278 g/mol. The zero-order chi connectivity index (χ0) is 14.3. The fraction of sp³-hybridized carbons (Fsp3) is 0.615. The largest absolute Gasteiger partial charge is 0.337 e. The van der Waals surface area contributed by atoms with E-state index in [-0.39, 0.29) is 11.6 Å². The molecule has 2 atom stereocenters. The van der Waals surface area contributed by atoms with Gasteiger partial charge in [0, 0.05) is 38.8 Å². The Bertz CT molecular complexity index is 542. The van der Waals surface area contributed by atoms with Crippen LogP contribution in [0, 0.1) is 22.0 Å². The Balaban J connectivity index is 1.82. The van der Waals surface area contributed by atoms with Crippen molar-refractivity contribution in [2.45, 2.75) is 13.5 Å². The third-order valence-corrected chi connectivity index (χ3v) is 4.33. The highest BCUT2D eigenvalue weighted by molar-refractivity contribution is 5.93. The van der Waals surface area contributed by atoms with Gasteiger partial charge in [-0.2, -0.15) is 0 Å². The Kier molecular flexibility index (Phi) is 3.21. The van der Waals surface area contributed by atoms with Crippen molar-refractivity contribution in [3.8, 4) is 0 Å². The van der Waals surface area contributed by atoms with E-state index in [0.29, 0.717) is 24.1 Å². The van der Waals surface area contributed by atoms with Gasteiger partial charge in [0.05, 0.1) is 11.1 Å². The highest BCUT2D eigenvalue weighted by atomic mass is 16.6. The predicted molar refractivity (Wildman–Crippen MR) is 72.5 cm³/mol. The van der Waals surface area contributed by atoms with Gasteiger partial charge in [0.15, 0.2) is 0 Å². The van der Waals surface area contributed by atoms with Crippen LogP contribution in [-0.4, -0.2) is 46.5 Å². The summed E-state index contributed by atoms with van der Waals surface area (Å²) >= 11 is 0. The zero-order valence-corrected chi connectivity index (χ0v) is 11.4. The maximum Gasteiger partial charge on any atom is 0.287 e. The highest BCUT2D eigenvalue weighted by Gasteiger charge is 2.39. The predicted octanol–water partition coefficient (Wildman–Crippen LogP) is 0.708. The Labute approximate surface area is 116 Å². The first-order valence-corrected chi connectivity index (χ1v) is 6.94. The Morgan fingerprint density at radius 1 is 1.45 bits per heavy atom. The topological polar surface area (TPSA) is 80.4 Å². The highest BCUT2D eigenvalue weighted by Crippen LogP contribution is 2.28. The summed E-state index contributed by atoms with van der Waals surface area (Å²) in [6, 6.07) is 1.39. The van der Waals surface area contributed by atoms with E-state index >= 15 is 0 Å². The second-order valence-electron chi connectivity index (χ2n) is 5.52. The van der Waals surface area contributed by atoms with Crippen molar-refractivity contribution in [2.75, 3.05) is 26.2 Å². The minimum Gasteiger partial charge on any atom is -0.337 e. The van der Waals surface area contributed by atoms with Crippen LogP contribution < -0.4 is 5.32 Å². The van der Waals surface area contributed by atoms with Crippen LogP contribution in [0.25, 0.3) is 0 Å². The molecule has 0 aliphatic carbocycles. The smallest absolute Gasteiger partial charge is 0.287 e. The summed E-state index contributed by atoms with van der Waals surface area (Å²) in [7, 11) is 0. The molecule has 1 N–H and O–H groups in total. The SMILES string of the molecule is CCn1cc([N+](=O)[O-])cc1C(=O)N1C[C@H]2CNC[C@H]2C1. The number of aromatic nitrogens is 1. The number of nitrogens with zero attached hydrogens (tertiary/aromatic N) is 3. The molecule has 0 saturated carbocycles. The van der Waals surface area contributed by atoms with E-state index in [0.717, 1.165) is 26.2 Å². The van der Waals surface area contributed by atoms with Crippen molar-refractivity contribution in [2.24, 2.45) is 11.8 Å². The van der Waals surface area contributed by atoms with Gasteiger partial charge in [-0.25, -0.2) is 0 Å². The number of likely N-dealkylation sites (tertiary alicyclic amines) is 1. The third kappa shape index (κ3) is 2.07. The van der Waals surface area contributed by atoms with Crippen molar-refractivity contribution >= 4 is 11.6 Å². The monoisotopic (exact) mass is 278 g/mol. The van der Waals surface area contributed by atoms with Gasteiger partial charge < -0.3 is 14.8 Å². The summed E-state index contributed by atoms with van der Waals surface area (Å²) in [5.74, 6) is 0.965. The molecule has 2 aliphatic rings. The first kappa shape index (κ1) is 13.1. The molecule has 1 aromatic heterocycles. The second kappa shape index (κ2) is 4.90. The van der Waals surface area contributed by atoms with Gasteiger partial charge in [0.25, 0.3) is 11.6 Å². The van der Waals surface area contributed by atoms with Gasteiger partial charge in [-0.3, -0.25) is 14.9 Å². The van der Waals surface area contributed by atoms with E-state index in [1.165, 1.54) is 12.3 Å². The molecule has 2 saturated heterocycles. The van der Waals surface area contributed by atoms with Gasteiger partial charge in [0.2, 0.25) is 0 Å². The molecule has 108 valence electrons. The molecule has 1 aromatic rings. The molecule has 7 nitrogen and oxygen atoms in total. The number of amides is 1. The van der Waals surface area contributed by atoms with E-state index in [2.05, 4.69) is 5.32 Å². The fourth-order valence-electron chi connectivity index (χ4n) is 3.22. The first-order chi connectivity index (χ1) is 9.60. The first-order valence-electron chi connectivity index (χ1n) is 6.94. The molecule has 2 aliphatic heterocycles. The van der Waals surface area contributed by atoms with Gasteiger partial charge in [0.1, 0.15) is 5.69 Å². The number of hydrogen-bond acceptors (Lipinski definition) is 4. The minimum absolute atomic E-state index is 0.0174. The fourth-order valence-corrected chi connectivity index (χ4v) is 3.22. The van der Waals surface area contributed by atoms with Crippen LogP contribution in [0.15, 0.2) is 12.3 Å². The Hall–Kier alpha value is -1.89. The van der Waals surface area contributed by atoms with Crippen molar-refractivity contribution in [3.05, 3.63) is 28.1 Å². The molecule has 0 bridgehead atoms. The van der Waals surface area contributed by atoms with Crippen molar-refractivity contribution in [1.29, 1.82) is 0 Å². The summed E-state index contributed by atoms with van der Waals surface area (Å²) in [5.41, 5.74) is 0.406. The van der Waals surface area contributed by atoms with E-state index in [1.807, 2.05) is 11.8 Å². The van der Waals surface area contributed by atoms with Crippen LogP contribution >= 0.6 is 0 Å². The van der Waals surface area contributed by atoms with Crippen molar-refractivity contribution < 1.29 is 9.72 Å². The molecule has 0 aromatic carbocycles. The zero-order valence-electron chi connectivity index (χ0n) is 11.4. The lowest BCUT2D eigenvalue weighted by Crippen LogP contribution is -2.33. The minimum atomic E-state index is -0.453. The van der Waals surface area contributed by atoms with E-state index in [4.69, 9.17) is 0 Å². The van der Waals surface area contributed by atoms with E-state index in [1.54, 1.807) is 4.57 Å². The van der Waals surface area contributed by atoms with Gasteiger partial charge in [-0.1, -0.05) is 0 Å². The van der Waals surface area contributed by atoms with Gasteiger partial charge in [-0.15, -0.1) is 0 Å². The maximum atomic E-state index is 12.6. The van der Waals surface area contributed by atoms with Gasteiger partial charge in [-0.05, 0) is 18.8 Å². The number of aryl methyl sites for hydroxylation is 1. The van der Waals surface area contributed by atoms with E-state index in [9.17, 15) is 14.9 Å². The molecule has 3 heterocycles. The molecule has 20 heavy (non-hydrogen) atoms. The molecular formula is C13H18N4O3. The number of fused-ring (bicyclic) bond motifs is 1. The normalized spacial score (nSPS) is 24.9. The lowest BCUT2D eigenvalue weighted by molar-refractivity contribution is -0.384. The molecule has 1 amide bonds. The standard InChI is InChI=1S/C13H18N4O3/c1-2-15-8-11(17(19)20)3-12(15)13(18)16-6-9-4-14-5-10(9)7-16/h3,8-10,14H,2,4-7H2,1H3/t9-,10+. The molecule has 7 heteroatoms. The van der Waals surface area contributed by atoms with E-state index < -0.39 is 4.92 Å². The number of hydrogen-bond donors (Lipinski definition) is 1. The molecule has 2 fully saturated rings. The molecular weight excluding hydrogens is 260 g/mol. The number of nitrogens with one attached hydrogen (secondary N) is 1. The second-order valence-corrected chi connectivity index (χ2v) is 5.52. The summed E-state index contributed by atoms with van der Waals surface area (Å²) in [5, 5.41) is 14.2. The van der Waals surface area contributed by atoms with Crippen LogP contribution in [0.2, 0.25) is 0 Å².